The number of fused-ring (bicyclic) bond motifs is 2. The zero-order chi connectivity index (χ0) is 21.9. The summed E-state index contributed by atoms with van der Waals surface area (Å²) in [6, 6.07) is 30.3. The molecule has 5 heteroatoms. The van der Waals surface area contributed by atoms with Gasteiger partial charge in [-0.2, -0.15) is 0 Å². The first-order valence-corrected chi connectivity index (χ1v) is 11.7. The summed E-state index contributed by atoms with van der Waals surface area (Å²) in [7, 11) is 0. The van der Waals surface area contributed by atoms with Crippen molar-refractivity contribution in [3.8, 4) is 0 Å². The Bertz CT molecular complexity index is 1030. The van der Waals surface area contributed by atoms with Crippen molar-refractivity contribution >= 4 is 29.8 Å². The molecule has 0 unspecified atom stereocenters. The number of rotatable bonds is 7. The Morgan fingerprint density at radius 3 is 1.94 bits per heavy atom. The quantitative estimate of drug-likeness (QED) is 0.455. The molecule has 2 heterocycles. The average Bonchev–Trinajstić information content (AvgIpc) is 3.07. The summed E-state index contributed by atoms with van der Waals surface area (Å²) in [5.41, 5.74) is 4.00. The fourth-order valence-electron chi connectivity index (χ4n) is 5.65. The van der Waals surface area contributed by atoms with Gasteiger partial charge in [0.15, 0.2) is 0 Å². The minimum Gasteiger partial charge on any atom is -0.478 e. The first-order valence-electron chi connectivity index (χ1n) is 11.7. The molecule has 2 saturated heterocycles. The maximum absolute atomic E-state index is 11.3. The van der Waals surface area contributed by atoms with Gasteiger partial charge in [-0.05, 0) is 74.1 Å². The van der Waals surface area contributed by atoms with E-state index < -0.39 is 5.97 Å². The molecule has 1 N–H and O–H groups in total. The van der Waals surface area contributed by atoms with Crippen molar-refractivity contribution in [1.29, 1.82) is 0 Å². The second-order valence-electron chi connectivity index (χ2n) is 9.04. The molecule has 33 heavy (non-hydrogen) atoms. The summed E-state index contributed by atoms with van der Waals surface area (Å²) in [6.45, 7) is 1.13. The molecule has 0 amide bonds. The lowest BCUT2D eigenvalue weighted by Gasteiger charge is -2.44. The van der Waals surface area contributed by atoms with Crippen LogP contribution in [0.4, 0.5) is 11.4 Å². The molecule has 0 radical (unpaired) electrons. The fraction of sp³-hybridized carbons (Fsp3) is 0.321. The van der Waals surface area contributed by atoms with Gasteiger partial charge in [-0.25, -0.2) is 4.79 Å². The van der Waals surface area contributed by atoms with Crippen molar-refractivity contribution in [1.82, 2.24) is 4.90 Å². The van der Waals surface area contributed by atoms with Crippen LogP contribution >= 0.6 is 12.4 Å². The molecule has 3 aromatic rings. The first-order chi connectivity index (χ1) is 15.7. The summed E-state index contributed by atoms with van der Waals surface area (Å²) in [4.78, 5) is 16.5. The molecule has 5 rings (SSSR count). The van der Waals surface area contributed by atoms with Gasteiger partial charge in [0.2, 0.25) is 0 Å². The third-order valence-corrected chi connectivity index (χ3v) is 7.15. The highest BCUT2D eigenvalue weighted by Gasteiger charge is 2.42. The van der Waals surface area contributed by atoms with E-state index in [9.17, 15) is 9.90 Å². The van der Waals surface area contributed by atoms with Crippen LogP contribution in [0.5, 0.6) is 0 Å². The van der Waals surface area contributed by atoms with E-state index in [1.165, 1.54) is 24.1 Å². The Kier molecular flexibility index (Phi) is 7.36. The van der Waals surface area contributed by atoms with Crippen LogP contribution in [0.1, 0.15) is 41.6 Å². The Balaban J connectivity index is 0.00000259. The number of aromatic carboxylic acids is 1. The third-order valence-electron chi connectivity index (χ3n) is 7.15. The molecule has 0 aliphatic carbocycles. The van der Waals surface area contributed by atoms with Gasteiger partial charge in [0, 0.05) is 36.0 Å². The van der Waals surface area contributed by atoms with Gasteiger partial charge < -0.3 is 10.0 Å². The number of carbonyl (C=O) groups is 1. The second-order valence-corrected chi connectivity index (χ2v) is 9.04. The maximum atomic E-state index is 11.3. The standard InChI is InChI=1S/C28H30N2O2.ClH/c31-28(32)22-11-13-24(14-12-22)30(23-9-5-2-6-10-23)27-19-25-15-16-26(20-27)29(25)18-17-21-7-3-1-4-8-21;/h1-14,25-27H,15-20H2,(H,31,32);1H/t25-,26+,27+;. The van der Waals surface area contributed by atoms with Crippen molar-refractivity contribution in [2.75, 3.05) is 11.4 Å². The van der Waals surface area contributed by atoms with E-state index in [-0.39, 0.29) is 12.4 Å². The number of nitrogens with zero attached hydrogens (tertiary/aromatic N) is 2. The van der Waals surface area contributed by atoms with Gasteiger partial charge in [0.05, 0.1) is 5.56 Å². The van der Waals surface area contributed by atoms with Crippen molar-refractivity contribution in [3.05, 3.63) is 96.1 Å². The molecule has 2 aliphatic heterocycles. The highest BCUT2D eigenvalue weighted by molar-refractivity contribution is 5.88. The molecule has 2 bridgehead atoms. The van der Waals surface area contributed by atoms with Gasteiger partial charge in [-0.3, -0.25) is 4.90 Å². The molecule has 0 spiro atoms. The van der Waals surface area contributed by atoms with Gasteiger partial charge in [-0.1, -0.05) is 48.5 Å². The molecule has 0 aromatic heterocycles. The first kappa shape index (κ1) is 23.3. The number of carboxylic acid groups (broad SMARTS) is 1. The monoisotopic (exact) mass is 462 g/mol. The van der Waals surface area contributed by atoms with Crippen LogP contribution in [0, 0.1) is 0 Å². The van der Waals surface area contributed by atoms with E-state index >= 15 is 0 Å². The Labute approximate surface area is 202 Å². The smallest absolute Gasteiger partial charge is 0.335 e. The van der Waals surface area contributed by atoms with Crippen molar-refractivity contribution < 1.29 is 9.90 Å². The lowest BCUT2D eigenvalue weighted by molar-refractivity contribution is 0.0697. The minimum atomic E-state index is -0.882. The highest BCUT2D eigenvalue weighted by Crippen LogP contribution is 2.41. The van der Waals surface area contributed by atoms with Crippen LogP contribution in [0.15, 0.2) is 84.9 Å². The van der Waals surface area contributed by atoms with Crippen LogP contribution in [0.2, 0.25) is 0 Å². The Morgan fingerprint density at radius 1 is 0.818 bits per heavy atom. The topological polar surface area (TPSA) is 43.8 Å². The summed E-state index contributed by atoms with van der Waals surface area (Å²) in [6.07, 6.45) is 5.94. The van der Waals surface area contributed by atoms with Gasteiger partial charge in [0.25, 0.3) is 0 Å². The van der Waals surface area contributed by atoms with E-state index in [4.69, 9.17) is 0 Å². The summed E-state index contributed by atoms with van der Waals surface area (Å²) >= 11 is 0. The molecule has 3 aromatic carbocycles. The highest BCUT2D eigenvalue weighted by atomic mass is 35.5. The summed E-state index contributed by atoms with van der Waals surface area (Å²) in [5.74, 6) is -0.882. The van der Waals surface area contributed by atoms with E-state index in [1.54, 1.807) is 12.1 Å². The summed E-state index contributed by atoms with van der Waals surface area (Å²) < 4.78 is 0. The number of hydrogen-bond acceptors (Lipinski definition) is 3. The molecule has 2 aliphatic rings. The molecule has 2 fully saturated rings. The van der Waals surface area contributed by atoms with Gasteiger partial charge in [-0.15, -0.1) is 12.4 Å². The van der Waals surface area contributed by atoms with Crippen LogP contribution in [-0.2, 0) is 6.42 Å². The zero-order valence-corrected chi connectivity index (χ0v) is 19.5. The Morgan fingerprint density at radius 2 is 1.36 bits per heavy atom. The van der Waals surface area contributed by atoms with Gasteiger partial charge >= 0.3 is 5.97 Å². The minimum absolute atomic E-state index is 0. The molecule has 3 atom stereocenters. The number of halogens is 1. The Hall–Kier alpha value is -2.82. The lowest BCUT2D eigenvalue weighted by atomic mass is 9.94. The van der Waals surface area contributed by atoms with E-state index in [0.717, 1.165) is 31.5 Å². The maximum Gasteiger partial charge on any atom is 0.335 e. The van der Waals surface area contributed by atoms with Crippen LogP contribution in [0.3, 0.4) is 0 Å². The number of carboxylic acids is 1. The van der Waals surface area contributed by atoms with E-state index in [0.29, 0.717) is 23.7 Å². The molecule has 4 nitrogen and oxygen atoms in total. The number of para-hydroxylation sites is 1. The number of hydrogen-bond donors (Lipinski definition) is 1. The van der Waals surface area contributed by atoms with Gasteiger partial charge in [0.1, 0.15) is 0 Å². The third kappa shape index (κ3) is 5.07. The number of anilines is 2. The second kappa shape index (κ2) is 10.4. The largest absolute Gasteiger partial charge is 0.478 e. The predicted octanol–water partition coefficient (Wildman–Crippen LogP) is 6.18. The number of piperidine rings is 1. The van der Waals surface area contributed by atoms with Crippen LogP contribution < -0.4 is 4.90 Å². The van der Waals surface area contributed by atoms with Crippen LogP contribution in [-0.4, -0.2) is 40.6 Å². The fourth-order valence-corrected chi connectivity index (χ4v) is 5.65. The molecule has 172 valence electrons. The molecular formula is C28H31ClN2O2. The zero-order valence-electron chi connectivity index (χ0n) is 18.7. The van der Waals surface area contributed by atoms with Crippen molar-refractivity contribution in [3.63, 3.8) is 0 Å². The van der Waals surface area contributed by atoms with E-state index in [2.05, 4.69) is 64.4 Å². The molecular weight excluding hydrogens is 432 g/mol. The molecule has 0 saturated carbocycles. The van der Waals surface area contributed by atoms with E-state index in [1.807, 2.05) is 18.2 Å². The van der Waals surface area contributed by atoms with Crippen molar-refractivity contribution in [2.45, 2.75) is 50.2 Å². The normalized spacial score (nSPS) is 21.9. The summed E-state index contributed by atoms with van der Waals surface area (Å²) in [5, 5.41) is 9.30. The number of benzene rings is 3. The predicted molar refractivity (Wildman–Crippen MR) is 136 cm³/mol. The van der Waals surface area contributed by atoms with Crippen LogP contribution in [0.25, 0.3) is 0 Å². The average molecular weight is 463 g/mol. The van der Waals surface area contributed by atoms with Crippen molar-refractivity contribution in [2.24, 2.45) is 0 Å². The lowest BCUT2D eigenvalue weighted by Crippen LogP contribution is -2.50. The SMILES string of the molecule is Cl.O=C(O)c1ccc(N(c2ccccc2)[C@H]2C[C@H]3CC[C@@H](C2)N3CCc2ccccc2)cc1.